The van der Waals surface area contributed by atoms with Crippen LogP contribution in [0.2, 0.25) is 0 Å². The summed E-state index contributed by atoms with van der Waals surface area (Å²) in [6, 6.07) is 14.0. The van der Waals surface area contributed by atoms with Gasteiger partial charge in [-0.1, -0.05) is 30.3 Å². The Kier molecular flexibility index (Phi) is 4.00. The maximum Gasteiger partial charge on any atom is 0.234 e. The van der Waals surface area contributed by atoms with Crippen molar-refractivity contribution in [1.82, 2.24) is 24.3 Å². The van der Waals surface area contributed by atoms with Crippen LogP contribution in [0.5, 0.6) is 0 Å². The van der Waals surface area contributed by atoms with Crippen molar-refractivity contribution in [3.05, 3.63) is 72.3 Å². The first-order valence-electron chi connectivity index (χ1n) is 8.13. The summed E-state index contributed by atoms with van der Waals surface area (Å²) >= 11 is 0. The lowest BCUT2D eigenvalue weighted by atomic mass is 10.1. The van der Waals surface area contributed by atoms with Crippen molar-refractivity contribution in [2.75, 3.05) is 5.32 Å². The van der Waals surface area contributed by atoms with Crippen LogP contribution in [0.3, 0.4) is 0 Å². The van der Waals surface area contributed by atoms with Gasteiger partial charge in [-0.05, 0) is 18.6 Å². The van der Waals surface area contributed by atoms with Crippen LogP contribution in [0, 0.1) is 11.3 Å². The van der Waals surface area contributed by atoms with Gasteiger partial charge in [0, 0.05) is 12.4 Å². The number of anilines is 1. The van der Waals surface area contributed by atoms with E-state index in [0.29, 0.717) is 28.7 Å². The molecule has 0 aliphatic rings. The molecule has 0 fully saturated rings. The molecule has 0 saturated heterocycles. The summed E-state index contributed by atoms with van der Waals surface area (Å²) in [6.45, 7) is 2.04. The molecule has 7 heteroatoms. The van der Waals surface area contributed by atoms with Crippen LogP contribution in [-0.4, -0.2) is 24.3 Å². The summed E-state index contributed by atoms with van der Waals surface area (Å²) in [6.07, 6.45) is 6.70. The van der Waals surface area contributed by atoms with E-state index >= 15 is 0 Å². The topological polar surface area (TPSA) is 91.8 Å². The summed E-state index contributed by atoms with van der Waals surface area (Å²) in [5.41, 5.74) is 2.72. The lowest BCUT2D eigenvalue weighted by Gasteiger charge is -2.15. The largest absolute Gasteiger partial charge is 0.348 e. The third-order valence-corrected chi connectivity index (χ3v) is 4.09. The van der Waals surface area contributed by atoms with E-state index < -0.39 is 0 Å². The summed E-state index contributed by atoms with van der Waals surface area (Å²) < 4.78 is 1.80. The number of fused-ring (bicyclic) bond motifs is 1. The number of nitrogens with zero attached hydrogens (tertiary/aromatic N) is 6. The first-order valence-corrected chi connectivity index (χ1v) is 8.13. The molecule has 4 aromatic rings. The van der Waals surface area contributed by atoms with Gasteiger partial charge in [-0.2, -0.15) is 5.26 Å². The molecular formula is C19H15N7. The molecule has 1 atom stereocenters. The molecule has 3 aromatic heterocycles. The van der Waals surface area contributed by atoms with Crippen molar-refractivity contribution >= 4 is 11.7 Å². The average molecular weight is 341 g/mol. The maximum absolute atomic E-state index is 9.44. The van der Waals surface area contributed by atoms with Gasteiger partial charge in [-0.25, -0.2) is 19.9 Å². The quantitative estimate of drug-likeness (QED) is 0.613. The van der Waals surface area contributed by atoms with Gasteiger partial charge in [-0.15, -0.1) is 0 Å². The van der Waals surface area contributed by atoms with E-state index in [1.807, 2.05) is 49.5 Å². The van der Waals surface area contributed by atoms with Gasteiger partial charge in [-0.3, -0.25) is 4.40 Å². The van der Waals surface area contributed by atoms with Gasteiger partial charge in [0.1, 0.15) is 11.8 Å². The lowest BCUT2D eigenvalue weighted by Crippen LogP contribution is -2.10. The maximum atomic E-state index is 9.44. The number of nitrogens with one attached hydrogen (secondary N) is 1. The van der Waals surface area contributed by atoms with Gasteiger partial charge < -0.3 is 5.32 Å². The number of imidazole rings is 1. The molecule has 0 spiro atoms. The second-order valence-corrected chi connectivity index (χ2v) is 5.78. The molecule has 0 amide bonds. The number of benzene rings is 1. The molecular weight excluding hydrogens is 326 g/mol. The highest BCUT2D eigenvalue weighted by atomic mass is 15.1. The molecule has 0 radical (unpaired) electrons. The molecule has 0 aliphatic heterocycles. The zero-order chi connectivity index (χ0) is 17.9. The molecule has 1 N–H and O–H groups in total. The smallest absolute Gasteiger partial charge is 0.234 e. The van der Waals surface area contributed by atoms with Gasteiger partial charge in [0.05, 0.1) is 29.7 Å². The molecule has 7 nitrogen and oxygen atoms in total. The second kappa shape index (κ2) is 6.61. The fourth-order valence-electron chi connectivity index (χ4n) is 2.75. The van der Waals surface area contributed by atoms with E-state index in [1.54, 1.807) is 16.8 Å². The fourth-order valence-corrected chi connectivity index (χ4v) is 2.75. The van der Waals surface area contributed by atoms with E-state index in [1.165, 1.54) is 6.20 Å². The van der Waals surface area contributed by atoms with E-state index in [2.05, 4.69) is 31.3 Å². The van der Waals surface area contributed by atoms with Crippen molar-refractivity contribution in [3.8, 4) is 17.5 Å². The monoisotopic (exact) mass is 341 g/mol. The van der Waals surface area contributed by atoms with Gasteiger partial charge in [0.25, 0.3) is 0 Å². The van der Waals surface area contributed by atoms with Crippen LogP contribution in [0.25, 0.3) is 17.2 Å². The van der Waals surface area contributed by atoms with Crippen molar-refractivity contribution in [3.63, 3.8) is 0 Å². The number of nitriles is 1. The normalized spacial score (nSPS) is 11.8. The predicted octanol–water partition coefficient (Wildman–Crippen LogP) is 3.23. The zero-order valence-electron chi connectivity index (χ0n) is 14.0. The minimum Gasteiger partial charge on any atom is -0.348 e. The number of hydrogen-bond acceptors (Lipinski definition) is 6. The molecule has 0 bridgehead atoms. The molecule has 126 valence electrons. The highest BCUT2D eigenvalue weighted by Gasteiger charge is 2.15. The molecule has 1 aromatic carbocycles. The molecule has 26 heavy (non-hydrogen) atoms. The molecule has 3 heterocycles. The average Bonchev–Trinajstić information content (AvgIpc) is 3.12. The van der Waals surface area contributed by atoms with Gasteiger partial charge in [0.15, 0.2) is 0 Å². The summed E-state index contributed by atoms with van der Waals surface area (Å²) in [5.74, 6) is 1.01. The van der Waals surface area contributed by atoms with Crippen LogP contribution >= 0.6 is 0 Å². The Morgan fingerprint density at radius 3 is 2.73 bits per heavy atom. The van der Waals surface area contributed by atoms with Crippen molar-refractivity contribution in [1.29, 1.82) is 5.26 Å². The van der Waals surface area contributed by atoms with Crippen molar-refractivity contribution in [2.24, 2.45) is 0 Å². The Labute approximate surface area is 150 Å². The molecule has 4 rings (SSSR count). The van der Waals surface area contributed by atoms with Crippen molar-refractivity contribution in [2.45, 2.75) is 13.0 Å². The third-order valence-electron chi connectivity index (χ3n) is 4.09. The predicted molar refractivity (Wildman–Crippen MR) is 97.2 cm³/mol. The summed E-state index contributed by atoms with van der Waals surface area (Å²) in [4.78, 5) is 17.3. The Morgan fingerprint density at radius 2 is 1.92 bits per heavy atom. The first-order chi connectivity index (χ1) is 12.8. The molecule has 0 unspecified atom stereocenters. The second-order valence-electron chi connectivity index (χ2n) is 5.78. The van der Waals surface area contributed by atoms with Crippen LogP contribution < -0.4 is 5.32 Å². The zero-order valence-corrected chi connectivity index (χ0v) is 14.0. The van der Waals surface area contributed by atoms with E-state index in [-0.39, 0.29) is 6.04 Å². The molecule has 0 aliphatic carbocycles. The Balaban J connectivity index is 1.74. The van der Waals surface area contributed by atoms with Crippen LogP contribution in [0.4, 0.5) is 5.95 Å². The standard InChI is InChI=1S/C19H15N7/c1-13(14-6-3-2-4-7-14)24-18-22-11-15(10-20)17(25-18)16-12-23-19-21-8-5-9-26(16)19/h2-9,11-13H,1H3,(H,22,24,25)/t13-/m0/s1. The number of aromatic nitrogens is 5. The van der Waals surface area contributed by atoms with Crippen molar-refractivity contribution < 1.29 is 0 Å². The number of rotatable bonds is 4. The first kappa shape index (κ1) is 15.7. The van der Waals surface area contributed by atoms with Crippen LogP contribution in [0.1, 0.15) is 24.1 Å². The summed E-state index contributed by atoms with van der Waals surface area (Å²) in [5, 5.41) is 12.7. The highest BCUT2D eigenvalue weighted by Crippen LogP contribution is 2.24. The van der Waals surface area contributed by atoms with Crippen LogP contribution in [0.15, 0.2) is 61.2 Å². The fraction of sp³-hybridized carbons (Fsp3) is 0.105. The minimum absolute atomic E-state index is 0.0286. The van der Waals surface area contributed by atoms with E-state index in [0.717, 1.165) is 5.56 Å². The Morgan fingerprint density at radius 1 is 1.08 bits per heavy atom. The van der Waals surface area contributed by atoms with E-state index in [9.17, 15) is 5.26 Å². The van der Waals surface area contributed by atoms with Gasteiger partial charge >= 0.3 is 0 Å². The summed E-state index contributed by atoms with van der Waals surface area (Å²) in [7, 11) is 0. The highest BCUT2D eigenvalue weighted by molar-refractivity contribution is 5.66. The minimum atomic E-state index is 0.0286. The molecule has 0 saturated carbocycles. The SMILES string of the molecule is C[C@H](Nc1ncc(C#N)c(-c2cnc3ncccn23)n1)c1ccccc1. The lowest BCUT2D eigenvalue weighted by molar-refractivity contribution is 0.860. The third kappa shape index (κ3) is 2.84. The van der Waals surface area contributed by atoms with E-state index in [4.69, 9.17) is 0 Å². The van der Waals surface area contributed by atoms with Crippen LogP contribution in [-0.2, 0) is 0 Å². The Bertz CT molecular complexity index is 1100. The van der Waals surface area contributed by atoms with Gasteiger partial charge in [0.2, 0.25) is 11.7 Å². The Hall–Kier alpha value is -3.79. The number of hydrogen-bond donors (Lipinski definition) is 1.